The van der Waals surface area contributed by atoms with E-state index in [2.05, 4.69) is 15.5 Å². The van der Waals surface area contributed by atoms with Crippen molar-refractivity contribution < 1.29 is 23.1 Å². The van der Waals surface area contributed by atoms with Crippen LogP contribution in [0.25, 0.3) is 0 Å². The zero-order valence-electron chi connectivity index (χ0n) is 25.3. The number of nitrogens with zero attached hydrogens (tertiary/aromatic N) is 1. The number of carbonyl (C=O) groups is 2. The summed E-state index contributed by atoms with van der Waals surface area (Å²) in [6.07, 6.45) is 4.71. The number of sulfone groups is 1. The minimum absolute atomic E-state index is 0.0149. The number of fused-ring (bicyclic) bond motifs is 1. The first-order valence-corrected chi connectivity index (χ1v) is 16.6. The Bertz CT molecular complexity index is 1100. The number of benzene rings is 1. The second-order valence-corrected chi connectivity index (χ2v) is 16.4. The van der Waals surface area contributed by atoms with Crippen LogP contribution in [0.1, 0.15) is 85.6 Å². The molecular weight excluding hydrogens is 526 g/mol. The van der Waals surface area contributed by atoms with E-state index in [0.717, 1.165) is 31.4 Å². The third kappa shape index (κ3) is 8.76. The minimum atomic E-state index is -3.45. The van der Waals surface area contributed by atoms with Gasteiger partial charge in [-0.1, -0.05) is 56.5 Å². The van der Waals surface area contributed by atoms with Crippen molar-refractivity contribution in [1.82, 2.24) is 15.5 Å². The Morgan fingerprint density at radius 1 is 1.05 bits per heavy atom. The molecule has 0 unspecified atom stereocenters. The van der Waals surface area contributed by atoms with E-state index in [1.54, 1.807) is 20.8 Å². The molecule has 1 aromatic rings. The van der Waals surface area contributed by atoms with Crippen molar-refractivity contribution in [3.8, 4) is 0 Å². The number of β-amino-alcohol motifs (C(OH)–C–C–N with tert-alkyl or cyclic N) is 1. The predicted molar refractivity (Wildman–Crippen MR) is 160 cm³/mol. The van der Waals surface area contributed by atoms with Gasteiger partial charge in [0, 0.05) is 30.8 Å². The topological polar surface area (TPSA) is 116 Å². The van der Waals surface area contributed by atoms with Gasteiger partial charge in [0.2, 0.25) is 11.8 Å². The van der Waals surface area contributed by atoms with Crippen molar-refractivity contribution in [3.63, 3.8) is 0 Å². The van der Waals surface area contributed by atoms with Gasteiger partial charge in [0.25, 0.3) is 0 Å². The first-order chi connectivity index (χ1) is 18.6. The second kappa shape index (κ2) is 13.3. The second-order valence-electron chi connectivity index (χ2n) is 13.5. The average molecular weight is 578 g/mol. The van der Waals surface area contributed by atoms with E-state index < -0.39 is 32.6 Å². The number of nitrogens with one attached hydrogen (secondary N) is 2. The van der Waals surface area contributed by atoms with Gasteiger partial charge in [0.05, 0.1) is 22.9 Å². The Morgan fingerprint density at radius 2 is 1.68 bits per heavy atom. The number of hydrogen-bond donors (Lipinski definition) is 3. The van der Waals surface area contributed by atoms with Gasteiger partial charge < -0.3 is 15.7 Å². The fourth-order valence-electron chi connectivity index (χ4n) is 6.29. The summed E-state index contributed by atoms with van der Waals surface area (Å²) in [5, 5.41) is 17.7. The van der Waals surface area contributed by atoms with Gasteiger partial charge in [-0.2, -0.15) is 0 Å². The van der Waals surface area contributed by atoms with Crippen LogP contribution in [0, 0.1) is 11.8 Å². The Morgan fingerprint density at radius 3 is 2.27 bits per heavy atom. The summed E-state index contributed by atoms with van der Waals surface area (Å²) in [6.45, 7) is 11.6. The van der Waals surface area contributed by atoms with Crippen molar-refractivity contribution in [2.45, 2.75) is 115 Å². The first kappa shape index (κ1) is 32.5. The number of aliphatic hydroxyl groups is 1. The molecule has 40 heavy (non-hydrogen) atoms. The summed E-state index contributed by atoms with van der Waals surface area (Å²) in [7, 11) is -3.45. The molecule has 2 aliphatic rings. The fraction of sp³-hybridized carbons (Fsp3) is 0.742. The highest BCUT2D eigenvalue weighted by Crippen LogP contribution is 2.39. The van der Waals surface area contributed by atoms with Crippen molar-refractivity contribution in [1.29, 1.82) is 0 Å². The van der Waals surface area contributed by atoms with E-state index in [4.69, 9.17) is 0 Å². The lowest BCUT2D eigenvalue weighted by molar-refractivity contribution is -0.133. The number of aliphatic hydroxyl groups excluding tert-OH is 1. The fourth-order valence-corrected chi connectivity index (χ4v) is 7.42. The van der Waals surface area contributed by atoms with Gasteiger partial charge >= 0.3 is 0 Å². The van der Waals surface area contributed by atoms with E-state index in [9.17, 15) is 23.1 Å². The van der Waals surface area contributed by atoms with Gasteiger partial charge in [0.1, 0.15) is 0 Å². The van der Waals surface area contributed by atoms with Crippen LogP contribution in [0.3, 0.4) is 0 Å². The van der Waals surface area contributed by atoms with Gasteiger partial charge in [0.15, 0.2) is 9.84 Å². The van der Waals surface area contributed by atoms with Gasteiger partial charge in [-0.15, -0.1) is 0 Å². The summed E-state index contributed by atoms with van der Waals surface area (Å²) in [5.41, 5.74) is 0.598. The lowest BCUT2D eigenvalue weighted by Crippen LogP contribution is -2.60. The molecule has 9 heteroatoms. The molecule has 1 aliphatic carbocycles. The predicted octanol–water partition coefficient (Wildman–Crippen LogP) is 3.47. The summed E-state index contributed by atoms with van der Waals surface area (Å²) in [5.74, 6) is 0.551. The van der Waals surface area contributed by atoms with Crippen molar-refractivity contribution in [2.24, 2.45) is 11.8 Å². The summed E-state index contributed by atoms with van der Waals surface area (Å²) in [4.78, 5) is 28.7. The number of likely N-dealkylation sites (tertiary alicyclic amines) is 1. The molecule has 1 saturated heterocycles. The third-order valence-electron chi connectivity index (χ3n) is 8.64. The first-order valence-electron chi connectivity index (χ1n) is 14.9. The summed E-state index contributed by atoms with van der Waals surface area (Å²) < 4.78 is 23.9. The maximum absolute atomic E-state index is 13.4. The molecule has 0 aromatic heterocycles. The Hall–Kier alpha value is -1.97. The Labute approximate surface area is 241 Å². The maximum atomic E-state index is 13.4. The van der Waals surface area contributed by atoms with Crippen molar-refractivity contribution in [2.75, 3.05) is 18.8 Å². The molecular formula is C31H51N3O5S. The van der Waals surface area contributed by atoms with E-state index in [1.807, 2.05) is 51.1 Å². The lowest BCUT2D eigenvalue weighted by atomic mass is 9.72. The van der Waals surface area contributed by atoms with Crippen LogP contribution in [0.4, 0.5) is 0 Å². The highest BCUT2D eigenvalue weighted by atomic mass is 32.2. The quantitative estimate of drug-likeness (QED) is 0.371. The molecule has 1 aliphatic heterocycles. The molecule has 5 atom stereocenters. The normalized spacial score (nSPS) is 24.0. The molecule has 2 fully saturated rings. The Kier molecular flexibility index (Phi) is 10.9. The van der Waals surface area contributed by atoms with E-state index in [0.29, 0.717) is 18.3 Å². The monoisotopic (exact) mass is 577 g/mol. The minimum Gasteiger partial charge on any atom is -0.390 e. The molecule has 2 amide bonds. The molecule has 0 spiro atoms. The summed E-state index contributed by atoms with van der Waals surface area (Å²) in [6, 6.07) is 8.67. The number of amides is 2. The van der Waals surface area contributed by atoms with Crippen LogP contribution < -0.4 is 10.6 Å². The zero-order valence-corrected chi connectivity index (χ0v) is 26.1. The third-order valence-corrected chi connectivity index (χ3v) is 11.2. The molecule has 3 rings (SSSR count). The van der Waals surface area contributed by atoms with Gasteiger partial charge in [-0.3, -0.25) is 14.5 Å². The number of piperidine rings is 1. The van der Waals surface area contributed by atoms with Crippen LogP contribution >= 0.6 is 0 Å². The van der Waals surface area contributed by atoms with Crippen LogP contribution in [-0.2, 0) is 25.8 Å². The van der Waals surface area contributed by atoms with Gasteiger partial charge in [-0.05, 0) is 71.3 Å². The van der Waals surface area contributed by atoms with E-state index in [-0.39, 0.29) is 36.2 Å². The molecule has 1 saturated carbocycles. The van der Waals surface area contributed by atoms with Gasteiger partial charge in [-0.25, -0.2) is 8.42 Å². The molecule has 1 aromatic carbocycles. The van der Waals surface area contributed by atoms with Crippen LogP contribution in [0.5, 0.6) is 0 Å². The van der Waals surface area contributed by atoms with Crippen molar-refractivity contribution >= 4 is 21.7 Å². The van der Waals surface area contributed by atoms with Crippen molar-refractivity contribution in [3.05, 3.63) is 35.9 Å². The largest absolute Gasteiger partial charge is 0.390 e. The lowest BCUT2D eigenvalue weighted by Gasteiger charge is -2.47. The molecule has 0 radical (unpaired) electrons. The van der Waals surface area contributed by atoms with E-state index in [1.165, 1.54) is 12.8 Å². The number of rotatable bonds is 11. The molecule has 3 N–H and O–H groups in total. The number of hydrogen-bond acceptors (Lipinski definition) is 6. The number of carbonyl (C=O) groups excluding carboxylic acids is 2. The maximum Gasteiger partial charge on any atom is 0.237 e. The highest BCUT2D eigenvalue weighted by molar-refractivity contribution is 7.92. The molecule has 8 nitrogen and oxygen atoms in total. The van der Waals surface area contributed by atoms with Crippen LogP contribution in [-0.4, -0.2) is 77.6 Å². The Balaban J connectivity index is 1.81. The molecule has 1 heterocycles. The molecule has 226 valence electrons. The molecule has 0 bridgehead atoms. The zero-order chi connectivity index (χ0) is 29.7. The van der Waals surface area contributed by atoms with Crippen LogP contribution in [0.2, 0.25) is 0 Å². The SMILES string of the molecule is CCS(=O)(=O)C(C)(C)CC(=O)N[C@@H](Cc1ccccc1)[C@H](O)CN1C[C@H]2CCCC[C@H]2C[C@H]1C(=O)NC(C)(C)C. The standard InChI is InChI=1S/C31H51N3O5S/c1-7-40(38,39)31(5,6)19-28(36)32-25(17-22-13-9-8-10-14-22)27(35)21-34-20-24-16-12-11-15-23(24)18-26(34)29(37)33-30(2,3)4/h8-10,13-14,23-27,35H,7,11-12,15-21H2,1-6H3,(H,32,36)(H,33,37)/t23-,24+,25-,26-,27+/m0/s1. The average Bonchev–Trinajstić information content (AvgIpc) is 2.87. The highest BCUT2D eigenvalue weighted by Gasteiger charge is 2.42. The van der Waals surface area contributed by atoms with E-state index >= 15 is 0 Å². The summed E-state index contributed by atoms with van der Waals surface area (Å²) >= 11 is 0. The van der Waals surface area contributed by atoms with Crippen LogP contribution in [0.15, 0.2) is 30.3 Å². The smallest absolute Gasteiger partial charge is 0.237 e.